The predicted molar refractivity (Wildman–Crippen MR) is 64.1 cm³/mol. The highest BCUT2D eigenvalue weighted by molar-refractivity contribution is 5.85. The Bertz CT molecular complexity index is 253. The van der Waals surface area contributed by atoms with Crippen molar-refractivity contribution in [3.8, 4) is 0 Å². The molecule has 0 aromatic heterocycles. The van der Waals surface area contributed by atoms with Crippen LogP contribution >= 0.6 is 0 Å². The highest BCUT2D eigenvalue weighted by atomic mass is 16.5. The molecule has 0 aromatic rings. The van der Waals surface area contributed by atoms with Crippen LogP contribution < -0.4 is 11.1 Å². The summed E-state index contributed by atoms with van der Waals surface area (Å²) in [5.41, 5.74) is 4.97. The van der Waals surface area contributed by atoms with Gasteiger partial charge >= 0.3 is 0 Å². The van der Waals surface area contributed by atoms with Crippen molar-refractivity contribution >= 4 is 5.91 Å². The van der Waals surface area contributed by atoms with Gasteiger partial charge in [0.25, 0.3) is 0 Å². The first-order chi connectivity index (χ1) is 7.46. The molecule has 0 aliphatic heterocycles. The smallest absolute Gasteiger partial charge is 0.238 e. The normalized spacial score (nSPS) is 28.9. The lowest BCUT2D eigenvalue weighted by Crippen LogP contribution is -2.65. The molecule has 0 spiro atoms. The SMILES string of the molecule is COCCNC1(C(N)=O)CCCCC1(C)C. The maximum absolute atomic E-state index is 11.8. The van der Waals surface area contributed by atoms with Crippen molar-refractivity contribution in [1.82, 2.24) is 5.32 Å². The number of hydrogen-bond donors (Lipinski definition) is 2. The molecule has 94 valence electrons. The van der Waals surface area contributed by atoms with E-state index >= 15 is 0 Å². The molecule has 0 radical (unpaired) electrons. The van der Waals surface area contributed by atoms with Crippen molar-refractivity contribution < 1.29 is 9.53 Å². The van der Waals surface area contributed by atoms with Crippen LogP contribution in [0.1, 0.15) is 39.5 Å². The minimum Gasteiger partial charge on any atom is -0.383 e. The second-order valence-corrected chi connectivity index (χ2v) is 5.28. The average Bonchev–Trinajstić information content (AvgIpc) is 2.20. The maximum Gasteiger partial charge on any atom is 0.238 e. The van der Waals surface area contributed by atoms with E-state index in [4.69, 9.17) is 10.5 Å². The first-order valence-corrected chi connectivity index (χ1v) is 6.00. The molecule has 1 rings (SSSR count). The number of methoxy groups -OCH3 is 1. The average molecular weight is 228 g/mol. The van der Waals surface area contributed by atoms with Crippen molar-refractivity contribution in [3.05, 3.63) is 0 Å². The summed E-state index contributed by atoms with van der Waals surface area (Å²) in [7, 11) is 1.66. The molecular weight excluding hydrogens is 204 g/mol. The second kappa shape index (κ2) is 5.15. The van der Waals surface area contributed by atoms with Crippen LogP contribution in [0.15, 0.2) is 0 Å². The number of amides is 1. The van der Waals surface area contributed by atoms with Crippen LogP contribution in [-0.2, 0) is 9.53 Å². The van der Waals surface area contributed by atoms with E-state index in [1.165, 1.54) is 6.42 Å². The molecule has 1 fully saturated rings. The van der Waals surface area contributed by atoms with Gasteiger partial charge in [-0.25, -0.2) is 0 Å². The minimum atomic E-state index is -0.566. The molecule has 3 N–H and O–H groups in total. The highest BCUT2D eigenvalue weighted by Crippen LogP contribution is 2.43. The molecule has 4 heteroatoms. The van der Waals surface area contributed by atoms with Crippen LogP contribution in [0.5, 0.6) is 0 Å². The van der Waals surface area contributed by atoms with Crippen LogP contribution in [0.25, 0.3) is 0 Å². The number of primary amides is 1. The molecule has 1 aliphatic carbocycles. The number of ether oxygens (including phenoxy) is 1. The molecule has 0 heterocycles. The second-order valence-electron chi connectivity index (χ2n) is 5.28. The molecule has 0 saturated heterocycles. The van der Waals surface area contributed by atoms with E-state index in [1.807, 2.05) is 0 Å². The summed E-state index contributed by atoms with van der Waals surface area (Å²) < 4.78 is 5.01. The molecule has 1 amide bonds. The Morgan fingerprint density at radius 3 is 2.50 bits per heavy atom. The van der Waals surface area contributed by atoms with Gasteiger partial charge in [-0.3, -0.25) is 4.79 Å². The number of carbonyl (C=O) groups excluding carboxylic acids is 1. The zero-order valence-electron chi connectivity index (χ0n) is 10.6. The van der Waals surface area contributed by atoms with E-state index in [0.29, 0.717) is 13.2 Å². The van der Waals surface area contributed by atoms with Gasteiger partial charge < -0.3 is 15.8 Å². The lowest BCUT2D eigenvalue weighted by molar-refractivity contribution is -0.132. The molecule has 4 nitrogen and oxygen atoms in total. The van der Waals surface area contributed by atoms with Crippen molar-refractivity contribution in [2.75, 3.05) is 20.3 Å². The lowest BCUT2D eigenvalue weighted by Gasteiger charge is -2.48. The van der Waals surface area contributed by atoms with Crippen LogP contribution in [0.3, 0.4) is 0 Å². The first-order valence-electron chi connectivity index (χ1n) is 6.00. The number of nitrogens with two attached hydrogens (primary N) is 1. The van der Waals surface area contributed by atoms with Crippen LogP contribution in [0, 0.1) is 5.41 Å². The fraction of sp³-hybridized carbons (Fsp3) is 0.917. The third-order valence-electron chi connectivity index (χ3n) is 3.91. The van der Waals surface area contributed by atoms with Crippen LogP contribution in [0.2, 0.25) is 0 Å². The van der Waals surface area contributed by atoms with Gasteiger partial charge in [0.15, 0.2) is 0 Å². The summed E-state index contributed by atoms with van der Waals surface area (Å²) in [6.45, 7) is 5.52. The Morgan fingerprint density at radius 1 is 1.38 bits per heavy atom. The van der Waals surface area contributed by atoms with Crippen molar-refractivity contribution in [2.45, 2.75) is 45.1 Å². The van der Waals surface area contributed by atoms with E-state index in [-0.39, 0.29) is 11.3 Å². The maximum atomic E-state index is 11.8. The fourth-order valence-electron chi connectivity index (χ4n) is 2.75. The molecule has 16 heavy (non-hydrogen) atoms. The standard InChI is InChI=1S/C12H24N2O2/c1-11(2)6-4-5-7-12(11,10(13)15)14-8-9-16-3/h14H,4-9H2,1-3H3,(H2,13,15). The zero-order chi connectivity index (χ0) is 12.2. The van der Waals surface area contributed by atoms with E-state index in [0.717, 1.165) is 19.3 Å². The van der Waals surface area contributed by atoms with E-state index in [2.05, 4.69) is 19.2 Å². The first kappa shape index (κ1) is 13.5. The number of nitrogens with one attached hydrogen (secondary N) is 1. The van der Waals surface area contributed by atoms with E-state index in [1.54, 1.807) is 7.11 Å². The third-order valence-corrected chi connectivity index (χ3v) is 3.91. The van der Waals surface area contributed by atoms with Gasteiger partial charge in [-0.1, -0.05) is 26.7 Å². The summed E-state index contributed by atoms with van der Waals surface area (Å²) >= 11 is 0. The molecular formula is C12H24N2O2. The largest absolute Gasteiger partial charge is 0.383 e. The molecule has 1 atom stereocenters. The number of hydrogen-bond acceptors (Lipinski definition) is 3. The van der Waals surface area contributed by atoms with Gasteiger partial charge in [0.05, 0.1) is 6.61 Å². The summed E-state index contributed by atoms with van der Waals surface area (Å²) in [5, 5.41) is 3.33. The Kier molecular flexibility index (Phi) is 4.33. The fourth-order valence-corrected chi connectivity index (χ4v) is 2.75. The minimum absolute atomic E-state index is 0.0785. The number of rotatable bonds is 5. The Morgan fingerprint density at radius 2 is 2.00 bits per heavy atom. The summed E-state index contributed by atoms with van der Waals surface area (Å²) in [4.78, 5) is 11.8. The van der Waals surface area contributed by atoms with Gasteiger partial charge in [0.2, 0.25) is 5.91 Å². The summed E-state index contributed by atoms with van der Waals surface area (Å²) in [6.07, 6.45) is 4.11. The van der Waals surface area contributed by atoms with Gasteiger partial charge in [-0.05, 0) is 18.3 Å². The molecule has 0 aromatic carbocycles. The summed E-state index contributed by atoms with van der Waals surface area (Å²) in [5.74, 6) is -0.228. The molecule has 1 saturated carbocycles. The Hall–Kier alpha value is -0.610. The van der Waals surface area contributed by atoms with Crippen molar-refractivity contribution in [2.24, 2.45) is 11.1 Å². The lowest BCUT2D eigenvalue weighted by atomic mass is 9.62. The van der Waals surface area contributed by atoms with Gasteiger partial charge in [-0.2, -0.15) is 0 Å². The molecule has 1 unspecified atom stereocenters. The van der Waals surface area contributed by atoms with Gasteiger partial charge in [0, 0.05) is 13.7 Å². The van der Waals surface area contributed by atoms with Crippen LogP contribution in [0.4, 0.5) is 0 Å². The Balaban J connectivity index is 2.81. The quantitative estimate of drug-likeness (QED) is 0.691. The Labute approximate surface area is 97.9 Å². The number of carbonyl (C=O) groups is 1. The van der Waals surface area contributed by atoms with Crippen molar-refractivity contribution in [1.29, 1.82) is 0 Å². The van der Waals surface area contributed by atoms with E-state index in [9.17, 15) is 4.79 Å². The molecule has 1 aliphatic rings. The van der Waals surface area contributed by atoms with Crippen LogP contribution in [-0.4, -0.2) is 31.7 Å². The van der Waals surface area contributed by atoms with Gasteiger partial charge in [0.1, 0.15) is 5.54 Å². The van der Waals surface area contributed by atoms with E-state index < -0.39 is 5.54 Å². The topological polar surface area (TPSA) is 64.3 Å². The van der Waals surface area contributed by atoms with Crippen molar-refractivity contribution in [3.63, 3.8) is 0 Å². The monoisotopic (exact) mass is 228 g/mol. The zero-order valence-corrected chi connectivity index (χ0v) is 10.6. The molecule has 0 bridgehead atoms. The predicted octanol–water partition coefficient (Wildman–Crippen LogP) is 1.05. The summed E-state index contributed by atoms with van der Waals surface area (Å²) in [6, 6.07) is 0. The third kappa shape index (κ3) is 2.38. The highest BCUT2D eigenvalue weighted by Gasteiger charge is 2.50. The van der Waals surface area contributed by atoms with Gasteiger partial charge in [-0.15, -0.1) is 0 Å².